The molecule has 0 aromatic heterocycles. The molecular weight excluding hydrogens is 393 g/mol. The van der Waals surface area contributed by atoms with Crippen molar-refractivity contribution in [1.29, 1.82) is 0 Å². The molecule has 0 N–H and O–H groups in total. The summed E-state index contributed by atoms with van der Waals surface area (Å²) in [6.45, 7) is 0.359. The van der Waals surface area contributed by atoms with E-state index in [0.717, 1.165) is 5.56 Å². The van der Waals surface area contributed by atoms with E-state index in [-0.39, 0.29) is 17.2 Å². The van der Waals surface area contributed by atoms with Crippen LogP contribution in [0.25, 0.3) is 6.08 Å². The quantitative estimate of drug-likeness (QED) is 0.420. The predicted molar refractivity (Wildman–Crippen MR) is 109 cm³/mol. The summed E-state index contributed by atoms with van der Waals surface area (Å²) < 4.78 is 24.8. The molecule has 29 heavy (non-hydrogen) atoms. The maximum Gasteiger partial charge on any atom is 0.363 e. The monoisotopic (exact) mass is 407 g/mol. The molecule has 0 spiro atoms. The Balaban J connectivity index is 1.53. The molecule has 0 saturated heterocycles. The van der Waals surface area contributed by atoms with Crippen molar-refractivity contribution in [2.45, 2.75) is 6.61 Å². The van der Waals surface area contributed by atoms with Crippen LogP contribution in [0.5, 0.6) is 5.75 Å². The summed E-state index contributed by atoms with van der Waals surface area (Å²) in [5, 5.41) is 0.646. The van der Waals surface area contributed by atoms with Crippen molar-refractivity contribution in [1.82, 2.24) is 0 Å². The van der Waals surface area contributed by atoms with E-state index in [4.69, 9.17) is 21.1 Å². The standard InChI is InChI=1S/C23H15ClFNO3/c24-17-7-3-6-16(11-17)14-28-18-8-4-5-15(12-18)13-21-23(27)29-22(26-21)19-9-1-2-10-20(19)25/h1-13H,14H2. The lowest BCUT2D eigenvalue weighted by atomic mass is 10.2. The van der Waals surface area contributed by atoms with Gasteiger partial charge in [0.15, 0.2) is 5.70 Å². The lowest BCUT2D eigenvalue weighted by Gasteiger charge is -2.07. The third-order valence-corrected chi connectivity index (χ3v) is 4.42. The van der Waals surface area contributed by atoms with Crippen molar-refractivity contribution >= 4 is 29.5 Å². The van der Waals surface area contributed by atoms with Crippen LogP contribution in [0.3, 0.4) is 0 Å². The Morgan fingerprint density at radius 1 is 1.03 bits per heavy atom. The molecule has 1 aliphatic rings. The summed E-state index contributed by atoms with van der Waals surface area (Å²) in [5.41, 5.74) is 1.89. The van der Waals surface area contributed by atoms with Gasteiger partial charge < -0.3 is 9.47 Å². The Morgan fingerprint density at radius 2 is 1.86 bits per heavy atom. The van der Waals surface area contributed by atoms with E-state index in [9.17, 15) is 9.18 Å². The smallest absolute Gasteiger partial charge is 0.363 e. The van der Waals surface area contributed by atoms with Crippen molar-refractivity contribution in [3.63, 3.8) is 0 Å². The van der Waals surface area contributed by atoms with Gasteiger partial charge >= 0.3 is 5.97 Å². The fraction of sp³-hybridized carbons (Fsp3) is 0.0435. The number of esters is 1. The number of benzene rings is 3. The molecule has 144 valence electrons. The van der Waals surface area contributed by atoms with E-state index in [0.29, 0.717) is 22.9 Å². The van der Waals surface area contributed by atoms with Gasteiger partial charge in [0.1, 0.15) is 18.2 Å². The molecule has 0 saturated carbocycles. The van der Waals surface area contributed by atoms with E-state index in [1.807, 2.05) is 36.4 Å². The van der Waals surface area contributed by atoms with Gasteiger partial charge in [0, 0.05) is 5.02 Å². The van der Waals surface area contributed by atoms with Crippen molar-refractivity contribution in [3.8, 4) is 5.75 Å². The third kappa shape index (κ3) is 4.52. The van der Waals surface area contributed by atoms with Gasteiger partial charge in [-0.15, -0.1) is 0 Å². The molecule has 0 aliphatic carbocycles. The lowest BCUT2D eigenvalue weighted by molar-refractivity contribution is -0.129. The van der Waals surface area contributed by atoms with Crippen LogP contribution in [0.2, 0.25) is 5.02 Å². The zero-order chi connectivity index (χ0) is 20.2. The molecule has 0 unspecified atom stereocenters. The molecule has 0 atom stereocenters. The number of halogens is 2. The Hall–Kier alpha value is -3.44. The number of carbonyl (C=O) groups is 1. The van der Waals surface area contributed by atoms with Gasteiger partial charge in [-0.05, 0) is 53.6 Å². The van der Waals surface area contributed by atoms with Crippen LogP contribution in [0.1, 0.15) is 16.7 Å². The highest BCUT2D eigenvalue weighted by Crippen LogP contribution is 2.23. The second-order valence-electron chi connectivity index (χ2n) is 6.31. The molecule has 1 aliphatic heterocycles. The van der Waals surface area contributed by atoms with Crippen molar-refractivity contribution < 1.29 is 18.7 Å². The van der Waals surface area contributed by atoms with Crippen LogP contribution < -0.4 is 4.74 Å². The minimum atomic E-state index is -0.631. The number of rotatable bonds is 5. The van der Waals surface area contributed by atoms with Crippen molar-refractivity contribution in [2.24, 2.45) is 4.99 Å². The van der Waals surface area contributed by atoms with E-state index in [2.05, 4.69) is 4.99 Å². The number of nitrogens with zero attached hydrogens (tertiary/aromatic N) is 1. The minimum absolute atomic E-state index is 0.0484. The average Bonchev–Trinajstić information content (AvgIpc) is 3.07. The Bertz CT molecular complexity index is 1140. The average molecular weight is 408 g/mol. The highest BCUT2D eigenvalue weighted by Gasteiger charge is 2.25. The number of ether oxygens (including phenoxy) is 2. The largest absolute Gasteiger partial charge is 0.489 e. The van der Waals surface area contributed by atoms with Gasteiger partial charge in [-0.25, -0.2) is 14.2 Å². The Labute approximate surface area is 171 Å². The van der Waals surface area contributed by atoms with Gasteiger partial charge in [0.2, 0.25) is 5.90 Å². The first-order valence-corrected chi connectivity index (χ1v) is 9.21. The normalized spacial score (nSPS) is 14.6. The van der Waals surface area contributed by atoms with Gasteiger partial charge in [0.05, 0.1) is 5.56 Å². The van der Waals surface area contributed by atoms with E-state index in [1.165, 1.54) is 12.1 Å². The summed E-state index contributed by atoms with van der Waals surface area (Å²) in [6.07, 6.45) is 1.57. The summed E-state index contributed by atoms with van der Waals surface area (Å²) >= 11 is 5.98. The van der Waals surface area contributed by atoms with Crippen LogP contribution in [-0.2, 0) is 16.1 Å². The van der Waals surface area contributed by atoms with Crippen LogP contribution in [0, 0.1) is 5.82 Å². The molecule has 0 fully saturated rings. The highest BCUT2D eigenvalue weighted by molar-refractivity contribution is 6.30. The molecular formula is C23H15ClFNO3. The number of hydrogen-bond donors (Lipinski definition) is 0. The predicted octanol–water partition coefficient (Wildman–Crippen LogP) is 5.40. The first kappa shape index (κ1) is 18.9. The second kappa shape index (κ2) is 8.29. The van der Waals surface area contributed by atoms with E-state index in [1.54, 1.807) is 30.3 Å². The summed E-state index contributed by atoms with van der Waals surface area (Å²) in [7, 11) is 0. The van der Waals surface area contributed by atoms with Crippen LogP contribution in [-0.4, -0.2) is 11.9 Å². The maximum absolute atomic E-state index is 13.9. The molecule has 0 bridgehead atoms. The summed E-state index contributed by atoms with van der Waals surface area (Å²) in [5.74, 6) is -0.554. The van der Waals surface area contributed by atoms with Crippen molar-refractivity contribution in [3.05, 3.63) is 106 Å². The topological polar surface area (TPSA) is 47.9 Å². The van der Waals surface area contributed by atoms with E-state index < -0.39 is 11.8 Å². The molecule has 0 radical (unpaired) electrons. The number of aliphatic imine (C=N–C) groups is 1. The molecule has 3 aromatic rings. The Morgan fingerprint density at radius 3 is 2.69 bits per heavy atom. The molecule has 1 heterocycles. The second-order valence-corrected chi connectivity index (χ2v) is 6.74. The summed E-state index contributed by atoms with van der Waals surface area (Å²) in [4.78, 5) is 16.3. The number of hydrogen-bond acceptors (Lipinski definition) is 4. The first-order chi connectivity index (χ1) is 14.1. The third-order valence-electron chi connectivity index (χ3n) is 4.18. The van der Waals surface area contributed by atoms with Gasteiger partial charge in [0.25, 0.3) is 0 Å². The zero-order valence-corrected chi connectivity index (χ0v) is 15.9. The fourth-order valence-electron chi connectivity index (χ4n) is 2.80. The zero-order valence-electron chi connectivity index (χ0n) is 15.1. The molecule has 3 aromatic carbocycles. The fourth-order valence-corrected chi connectivity index (χ4v) is 3.02. The number of cyclic esters (lactones) is 1. The van der Waals surface area contributed by atoms with Crippen molar-refractivity contribution in [2.75, 3.05) is 0 Å². The van der Waals surface area contributed by atoms with Crippen LogP contribution in [0.15, 0.2) is 83.5 Å². The van der Waals surface area contributed by atoms with Gasteiger partial charge in [-0.1, -0.05) is 48.0 Å². The van der Waals surface area contributed by atoms with Gasteiger partial charge in [-0.3, -0.25) is 0 Å². The molecule has 4 nitrogen and oxygen atoms in total. The van der Waals surface area contributed by atoms with Crippen LogP contribution in [0.4, 0.5) is 4.39 Å². The lowest BCUT2D eigenvalue weighted by Crippen LogP contribution is -2.07. The minimum Gasteiger partial charge on any atom is -0.489 e. The molecule has 0 amide bonds. The highest BCUT2D eigenvalue weighted by atomic mass is 35.5. The SMILES string of the molecule is O=C1OC(c2ccccc2F)=NC1=Cc1cccc(OCc2cccc(Cl)c2)c1. The van der Waals surface area contributed by atoms with Gasteiger partial charge in [-0.2, -0.15) is 0 Å². The maximum atomic E-state index is 13.9. The van der Waals surface area contributed by atoms with E-state index >= 15 is 0 Å². The first-order valence-electron chi connectivity index (χ1n) is 8.83. The Kier molecular flexibility index (Phi) is 5.40. The molecule has 6 heteroatoms. The van der Waals surface area contributed by atoms with Crippen LogP contribution >= 0.6 is 11.6 Å². The summed E-state index contributed by atoms with van der Waals surface area (Å²) in [6, 6.07) is 20.6. The molecule has 4 rings (SSSR count). The number of carbonyl (C=O) groups excluding carboxylic acids is 1.